The van der Waals surface area contributed by atoms with Gasteiger partial charge in [0.25, 0.3) is 0 Å². The van der Waals surface area contributed by atoms with Crippen molar-refractivity contribution in [3.05, 3.63) is 12.2 Å². The van der Waals surface area contributed by atoms with Crippen molar-refractivity contribution in [2.45, 2.75) is 19.8 Å². The van der Waals surface area contributed by atoms with Gasteiger partial charge < -0.3 is 15.0 Å². The number of nitrogens with zero attached hydrogens (tertiary/aromatic N) is 1. The van der Waals surface area contributed by atoms with Gasteiger partial charge in [-0.3, -0.25) is 0 Å². The Hall–Kier alpha value is -0.870. The van der Waals surface area contributed by atoms with E-state index in [0.29, 0.717) is 6.61 Å². The van der Waals surface area contributed by atoms with E-state index in [1.54, 1.807) is 13.0 Å². The van der Waals surface area contributed by atoms with E-state index in [4.69, 9.17) is 4.74 Å². The minimum atomic E-state index is -0.267. The van der Waals surface area contributed by atoms with Crippen molar-refractivity contribution in [3.63, 3.8) is 0 Å². The lowest BCUT2D eigenvalue weighted by Crippen LogP contribution is -2.18. The summed E-state index contributed by atoms with van der Waals surface area (Å²) >= 11 is 0. The van der Waals surface area contributed by atoms with Gasteiger partial charge >= 0.3 is 5.97 Å². The molecule has 0 amide bonds. The molecule has 0 aliphatic carbocycles. The van der Waals surface area contributed by atoms with Crippen LogP contribution in [0.15, 0.2) is 12.2 Å². The fourth-order valence-corrected chi connectivity index (χ4v) is 1.21. The zero-order valence-corrected chi connectivity index (χ0v) is 10.7. The summed E-state index contributed by atoms with van der Waals surface area (Å²) < 4.78 is 4.75. The monoisotopic (exact) mass is 228 g/mol. The molecule has 0 unspecified atom stereocenters. The number of rotatable bonds is 9. The maximum atomic E-state index is 10.9. The zero-order valence-electron chi connectivity index (χ0n) is 10.7. The average Bonchev–Trinajstić information content (AvgIpc) is 2.22. The van der Waals surface area contributed by atoms with Crippen molar-refractivity contribution in [1.82, 2.24) is 10.2 Å². The topological polar surface area (TPSA) is 41.6 Å². The van der Waals surface area contributed by atoms with Crippen molar-refractivity contribution in [3.8, 4) is 0 Å². The largest absolute Gasteiger partial charge is 0.463 e. The van der Waals surface area contributed by atoms with Crippen molar-refractivity contribution in [2.75, 3.05) is 40.3 Å². The van der Waals surface area contributed by atoms with Gasteiger partial charge in [0.2, 0.25) is 0 Å². The number of unbranched alkanes of at least 4 members (excludes halogenated alkanes) is 1. The van der Waals surface area contributed by atoms with Crippen molar-refractivity contribution >= 4 is 5.97 Å². The molecule has 4 heteroatoms. The van der Waals surface area contributed by atoms with Gasteiger partial charge in [-0.1, -0.05) is 6.08 Å². The number of carbonyl (C=O) groups is 1. The fraction of sp³-hybridized carbons (Fsp3) is 0.750. The number of hydrogen-bond acceptors (Lipinski definition) is 4. The first-order valence-electron chi connectivity index (χ1n) is 5.85. The Labute approximate surface area is 98.6 Å². The average molecular weight is 228 g/mol. The molecule has 0 aliphatic rings. The van der Waals surface area contributed by atoms with Gasteiger partial charge in [0.1, 0.15) is 0 Å². The molecule has 0 aromatic heterocycles. The molecule has 0 saturated carbocycles. The summed E-state index contributed by atoms with van der Waals surface area (Å²) in [7, 11) is 4.16. The number of esters is 1. The molecule has 0 fully saturated rings. The van der Waals surface area contributed by atoms with E-state index >= 15 is 0 Å². The Bertz CT molecular complexity index is 203. The van der Waals surface area contributed by atoms with Crippen LogP contribution in [0.25, 0.3) is 0 Å². The second-order valence-corrected chi connectivity index (χ2v) is 3.87. The standard InChI is InChI=1S/C12H24N2O2/c1-4-16-12(15)8-7-10-13-9-5-6-11-14(2)3/h7-8,13H,4-6,9-11H2,1-3H3/b8-7+. The van der Waals surface area contributed by atoms with Crippen LogP contribution in [0, 0.1) is 0 Å². The van der Waals surface area contributed by atoms with Crippen LogP contribution < -0.4 is 5.32 Å². The second-order valence-electron chi connectivity index (χ2n) is 3.87. The van der Waals surface area contributed by atoms with E-state index in [0.717, 1.165) is 26.1 Å². The zero-order chi connectivity index (χ0) is 12.2. The lowest BCUT2D eigenvalue weighted by molar-refractivity contribution is -0.137. The van der Waals surface area contributed by atoms with E-state index in [9.17, 15) is 4.79 Å². The second kappa shape index (κ2) is 10.6. The first-order chi connectivity index (χ1) is 7.66. The minimum absolute atomic E-state index is 0.267. The number of nitrogens with one attached hydrogen (secondary N) is 1. The van der Waals surface area contributed by atoms with E-state index in [1.165, 1.54) is 12.5 Å². The molecule has 94 valence electrons. The number of ether oxygens (including phenoxy) is 1. The number of hydrogen-bond donors (Lipinski definition) is 1. The van der Waals surface area contributed by atoms with Crippen LogP contribution in [0.1, 0.15) is 19.8 Å². The molecule has 0 atom stereocenters. The third-order valence-corrected chi connectivity index (χ3v) is 2.01. The minimum Gasteiger partial charge on any atom is -0.463 e. The van der Waals surface area contributed by atoms with Crippen LogP contribution in [-0.2, 0) is 9.53 Å². The highest BCUT2D eigenvalue weighted by molar-refractivity contribution is 5.81. The van der Waals surface area contributed by atoms with Gasteiger partial charge in [-0.2, -0.15) is 0 Å². The molecule has 16 heavy (non-hydrogen) atoms. The highest BCUT2D eigenvalue weighted by Crippen LogP contribution is 1.88. The molecule has 0 saturated heterocycles. The molecule has 0 aliphatic heterocycles. The summed E-state index contributed by atoms with van der Waals surface area (Å²) in [5.74, 6) is -0.267. The maximum Gasteiger partial charge on any atom is 0.330 e. The molecular formula is C12H24N2O2. The van der Waals surface area contributed by atoms with Crippen LogP contribution in [0.2, 0.25) is 0 Å². The quantitative estimate of drug-likeness (QED) is 0.364. The van der Waals surface area contributed by atoms with Crippen LogP contribution in [-0.4, -0.2) is 51.2 Å². The molecule has 0 heterocycles. The lowest BCUT2D eigenvalue weighted by atomic mass is 10.3. The Kier molecular flexibility index (Phi) is 10.1. The van der Waals surface area contributed by atoms with Gasteiger partial charge in [-0.15, -0.1) is 0 Å². The van der Waals surface area contributed by atoms with Crippen molar-refractivity contribution in [1.29, 1.82) is 0 Å². The van der Waals surface area contributed by atoms with Crippen LogP contribution in [0.5, 0.6) is 0 Å². The summed E-state index contributed by atoms with van der Waals surface area (Å²) in [6.07, 6.45) is 5.62. The van der Waals surface area contributed by atoms with E-state index in [1.807, 2.05) is 0 Å². The van der Waals surface area contributed by atoms with Crippen LogP contribution in [0.3, 0.4) is 0 Å². The fourth-order valence-electron chi connectivity index (χ4n) is 1.21. The molecular weight excluding hydrogens is 204 g/mol. The van der Waals surface area contributed by atoms with Crippen molar-refractivity contribution < 1.29 is 9.53 Å². The summed E-state index contributed by atoms with van der Waals surface area (Å²) in [5.41, 5.74) is 0. The van der Waals surface area contributed by atoms with Gasteiger partial charge in [-0.05, 0) is 47.0 Å². The molecule has 0 aromatic rings. The first kappa shape index (κ1) is 15.1. The predicted octanol–water partition coefficient (Wildman–Crippen LogP) is 1.04. The SMILES string of the molecule is CCOC(=O)/C=C/CNCCCCN(C)C. The third kappa shape index (κ3) is 11.2. The Morgan fingerprint density at radius 2 is 2.12 bits per heavy atom. The molecule has 4 nitrogen and oxygen atoms in total. The van der Waals surface area contributed by atoms with Gasteiger partial charge in [0.15, 0.2) is 0 Å². The van der Waals surface area contributed by atoms with Crippen LogP contribution in [0.4, 0.5) is 0 Å². The van der Waals surface area contributed by atoms with Gasteiger partial charge in [0.05, 0.1) is 6.61 Å². The van der Waals surface area contributed by atoms with E-state index in [2.05, 4.69) is 24.3 Å². The Morgan fingerprint density at radius 3 is 2.75 bits per heavy atom. The summed E-state index contributed by atoms with van der Waals surface area (Å²) in [5, 5.41) is 3.24. The van der Waals surface area contributed by atoms with E-state index < -0.39 is 0 Å². The molecule has 0 aromatic carbocycles. The lowest BCUT2D eigenvalue weighted by Gasteiger charge is -2.08. The number of carbonyl (C=O) groups excluding carboxylic acids is 1. The highest BCUT2D eigenvalue weighted by Gasteiger charge is 1.92. The highest BCUT2D eigenvalue weighted by atomic mass is 16.5. The summed E-state index contributed by atoms with van der Waals surface area (Å²) in [6.45, 7) is 5.07. The normalized spacial score (nSPS) is 11.2. The van der Waals surface area contributed by atoms with Gasteiger partial charge in [-0.25, -0.2) is 4.79 Å². The summed E-state index contributed by atoms with van der Waals surface area (Å²) in [4.78, 5) is 13.1. The first-order valence-corrected chi connectivity index (χ1v) is 5.85. The van der Waals surface area contributed by atoms with Crippen LogP contribution >= 0.6 is 0 Å². The molecule has 0 bridgehead atoms. The Balaban J connectivity index is 3.23. The Morgan fingerprint density at radius 1 is 1.38 bits per heavy atom. The van der Waals surface area contributed by atoms with Crippen molar-refractivity contribution in [2.24, 2.45) is 0 Å². The smallest absolute Gasteiger partial charge is 0.330 e. The molecule has 0 spiro atoms. The molecule has 0 rings (SSSR count). The molecule has 0 radical (unpaired) electrons. The van der Waals surface area contributed by atoms with Gasteiger partial charge in [0, 0.05) is 12.6 Å². The summed E-state index contributed by atoms with van der Waals surface area (Å²) in [6, 6.07) is 0. The maximum absolute atomic E-state index is 10.9. The molecule has 1 N–H and O–H groups in total. The predicted molar refractivity (Wildman–Crippen MR) is 66.4 cm³/mol. The third-order valence-electron chi connectivity index (χ3n) is 2.01. The van der Waals surface area contributed by atoms with E-state index in [-0.39, 0.29) is 5.97 Å².